The first-order valence-electron chi connectivity index (χ1n) is 5.19. The predicted octanol–water partition coefficient (Wildman–Crippen LogP) is 1.93. The SMILES string of the molecule is COC(=O)C1CCNC1c1ccccc1.Cl. The van der Waals surface area contributed by atoms with Gasteiger partial charge in [0, 0.05) is 6.04 Å². The van der Waals surface area contributed by atoms with Crippen molar-refractivity contribution in [2.24, 2.45) is 5.92 Å². The highest BCUT2D eigenvalue weighted by atomic mass is 35.5. The summed E-state index contributed by atoms with van der Waals surface area (Å²) in [7, 11) is 1.45. The molecule has 88 valence electrons. The first-order chi connectivity index (χ1) is 7.33. The van der Waals surface area contributed by atoms with Crippen LogP contribution < -0.4 is 5.32 Å². The number of rotatable bonds is 2. The van der Waals surface area contributed by atoms with Crippen LogP contribution in [-0.2, 0) is 9.53 Å². The molecule has 0 amide bonds. The largest absolute Gasteiger partial charge is 0.469 e. The van der Waals surface area contributed by atoms with Crippen molar-refractivity contribution in [1.82, 2.24) is 5.32 Å². The van der Waals surface area contributed by atoms with Gasteiger partial charge < -0.3 is 10.1 Å². The number of nitrogens with one attached hydrogen (secondary N) is 1. The summed E-state index contributed by atoms with van der Waals surface area (Å²) < 4.78 is 4.81. The van der Waals surface area contributed by atoms with Crippen LogP contribution in [0, 0.1) is 5.92 Å². The van der Waals surface area contributed by atoms with Crippen LogP contribution in [0.15, 0.2) is 30.3 Å². The Labute approximate surface area is 102 Å². The first-order valence-corrected chi connectivity index (χ1v) is 5.19. The van der Waals surface area contributed by atoms with Gasteiger partial charge in [-0.3, -0.25) is 4.79 Å². The van der Waals surface area contributed by atoms with E-state index >= 15 is 0 Å². The smallest absolute Gasteiger partial charge is 0.310 e. The summed E-state index contributed by atoms with van der Waals surface area (Å²) in [6, 6.07) is 10.1. The van der Waals surface area contributed by atoms with Crippen molar-refractivity contribution in [3.05, 3.63) is 35.9 Å². The number of halogens is 1. The summed E-state index contributed by atoms with van der Waals surface area (Å²) in [5.41, 5.74) is 1.16. The topological polar surface area (TPSA) is 38.3 Å². The van der Waals surface area contributed by atoms with E-state index in [-0.39, 0.29) is 30.3 Å². The lowest BCUT2D eigenvalue weighted by Crippen LogP contribution is -2.24. The molecule has 1 aliphatic heterocycles. The van der Waals surface area contributed by atoms with Gasteiger partial charge in [-0.1, -0.05) is 30.3 Å². The van der Waals surface area contributed by atoms with E-state index in [1.54, 1.807) is 0 Å². The van der Waals surface area contributed by atoms with E-state index in [1.807, 2.05) is 30.3 Å². The van der Waals surface area contributed by atoms with Crippen molar-refractivity contribution >= 4 is 18.4 Å². The Balaban J connectivity index is 0.00000128. The maximum atomic E-state index is 11.5. The Morgan fingerprint density at radius 1 is 1.38 bits per heavy atom. The third-order valence-corrected chi connectivity index (χ3v) is 2.88. The van der Waals surface area contributed by atoms with Gasteiger partial charge in [-0.05, 0) is 18.5 Å². The normalized spacial score (nSPS) is 23.6. The molecule has 1 aliphatic rings. The summed E-state index contributed by atoms with van der Waals surface area (Å²) in [5.74, 6) is -0.161. The molecule has 16 heavy (non-hydrogen) atoms. The lowest BCUT2D eigenvalue weighted by molar-refractivity contribution is -0.145. The van der Waals surface area contributed by atoms with Gasteiger partial charge >= 0.3 is 5.97 Å². The molecule has 4 heteroatoms. The van der Waals surface area contributed by atoms with Crippen molar-refractivity contribution in [2.45, 2.75) is 12.5 Å². The zero-order chi connectivity index (χ0) is 10.7. The summed E-state index contributed by atoms with van der Waals surface area (Å²) >= 11 is 0. The minimum atomic E-state index is -0.117. The van der Waals surface area contributed by atoms with Crippen LogP contribution in [0.1, 0.15) is 18.0 Å². The molecule has 1 heterocycles. The lowest BCUT2D eigenvalue weighted by atomic mass is 9.94. The van der Waals surface area contributed by atoms with Crippen molar-refractivity contribution < 1.29 is 9.53 Å². The minimum absolute atomic E-state index is 0. The second-order valence-electron chi connectivity index (χ2n) is 3.76. The van der Waals surface area contributed by atoms with Gasteiger partial charge in [0.15, 0.2) is 0 Å². The van der Waals surface area contributed by atoms with Gasteiger partial charge in [0.2, 0.25) is 0 Å². The number of benzene rings is 1. The van der Waals surface area contributed by atoms with Crippen LogP contribution in [0.4, 0.5) is 0 Å². The lowest BCUT2D eigenvalue weighted by Gasteiger charge is -2.17. The molecular formula is C12H16ClNO2. The summed E-state index contributed by atoms with van der Waals surface area (Å²) in [6.45, 7) is 0.874. The Morgan fingerprint density at radius 3 is 2.69 bits per heavy atom. The van der Waals surface area contributed by atoms with E-state index in [2.05, 4.69) is 5.32 Å². The first kappa shape index (κ1) is 13.0. The van der Waals surface area contributed by atoms with Gasteiger partial charge in [-0.15, -0.1) is 12.4 Å². The third-order valence-electron chi connectivity index (χ3n) is 2.88. The van der Waals surface area contributed by atoms with Gasteiger partial charge in [0.05, 0.1) is 13.0 Å². The maximum absolute atomic E-state index is 11.5. The summed E-state index contributed by atoms with van der Waals surface area (Å²) in [5, 5.41) is 3.34. The Morgan fingerprint density at radius 2 is 2.06 bits per heavy atom. The molecule has 1 aromatic carbocycles. The van der Waals surface area contributed by atoms with E-state index in [1.165, 1.54) is 7.11 Å². The second-order valence-corrected chi connectivity index (χ2v) is 3.76. The number of esters is 1. The van der Waals surface area contributed by atoms with Crippen molar-refractivity contribution in [1.29, 1.82) is 0 Å². The van der Waals surface area contributed by atoms with Gasteiger partial charge in [-0.25, -0.2) is 0 Å². The average molecular weight is 242 g/mol. The molecule has 1 N–H and O–H groups in total. The van der Waals surface area contributed by atoms with Gasteiger partial charge in [0.1, 0.15) is 0 Å². The van der Waals surface area contributed by atoms with Crippen molar-refractivity contribution in [2.75, 3.05) is 13.7 Å². The summed E-state index contributed by atoms with van der Waals surface area (Å²) in [6.07, 6.45) is 0.853. The average Bonchev–Trinajstić information content (AvgIpc) is 2.78. The number of hydrogen-bond acceptors (Lipinski definition) is 3. The fraction of sp³-hybridized carbons (Fsp3) is 0.417. The Bertz CT molecular complexity index is 342. The summed E-state index contributed by atoms with van der Waals surface area (Å²) in [4.78, 5) is 11.5. The van der Waals surface area contributed by atoms with Crippen molar-refractivity contribution in [3.63, 3.8) is 0 Å². The predicted molar refractivity (Wildman–Crippen MR) is 64.6 cm³/mol. The van der Waals surface area contributed by atoms with Gasteiger partial charge in [-0.2, -0.15) is 0 Å². The molecule has 0 aromatic heterocycles. The second kappa shape index (κ2) is 5.87. The monoisotopic (exact) mass is 241 g/mol. The molecule has 1 fully saturated rings. The molecule has 0 radical (unpaired) electrons. The van der Waals surface area contributed by atoms with Gasteiger partial charge in [0.25, 0.3) is 0 Å². The van der Waals surface area contributed by atoms with Crippen LogP contribution in [0.5, 0.6) is 0 Å². The molecule has 2 atom stereocenters. The van der Waals surface area contributed by atoms with E-state index in [0.29, 0.717) is 0 Å². The van der Waals surface area contributed by atoms with E-state index in [0.717, 1.165) is 18.5 Å². The number of carbonyl (C=O) groups is 1. The standard InChI is InChI=1S/C12H15NO2.ClH/c1-15-12(14)10-7-8-13-11(10)9-5-3-2-4-6-9;/h2-6,10-11,13H,7-8H2,1H3;1H. The van der Waals surface area contributed by atoms with Crippen LogP contribution in [0.2, 0.25) is 0 Å². The van der Waals surface area contributed by atoms with Crippen LogP contribution in [-0.4, -0.2) is 19.6 Å². The highest BCUT2D eigenvalue weighted by Crippen LogP contribution is 2.30. The maximum Gasteiger partial charge on any atom is 0.310 e. The molecule has 0 saturated carbocycles. The number of methoxy groups -OCH3 is 1. The van der Waals surface area contributed by atoms with E-state index < -0.39 is 0 Å². The van der Waals surface area contributed by atoms with E-state index in [4.69, 9.17) is 4.74 Å². The molecule has 2 unspecified atom stereocenters. The molecule has 0 aliphatic carbocycles. The number of carbonyl (C=O) groups excluding carboxylic acids is 1. The minimum Gasteiger partial charge on any atom is -0.469 e. The molecule has 0 bridgehead atoms. The molecular weight excluding hydrogens is 226 g/mol. The van der Waals surface area contributed by atoms with Crippen LogP contribution in [0.3, 0.4) is 0 Å². The zero-order valence-corrected chi connectivity index (χ0v) is 10.00. The molecule has 2 rings (SSSR count). The Kier molecular flexibility index (Phi) is 4.77. The fourth-order valence-corrected chi connectivity index (χ4v) is 2.12. The van der Waals surface area contributed by atoms with Crippen LogP contribution >= 0.6 is 12.4 Å². The molecule has 1 aromatic rings. The van der Waals surface area contributed by atoms with Crippen molar-refractivity contribution in [3.8, 4) is 0 Å². The van der Waals surface area contributed by atoms with E-state index in [9.17, 15) is 4.79 Å². The Hall–Kier alpha value is -1.06. The molecule has 0 spiro atoms. The zero-order valence-electron chi connectivity index (χ0n) is 9.18. The van der Waals surface area contributed by atoms with Crippen LogP contribution in [0.25, 0.3) is 0 Å². The highest BCUT2D eigenvalue weighted by Gasteiger charge is 2.34. The molecule has 1 saturated heterocycles. The fourth-order valence-electron chi connectivity index (χ4n) is 2.12. The third kappa shape index (κ3) is 2.54. The highest BCUT2D eigenvalue weighted by molar-refractivity contribution is 5.85. The number of ether oxygens (including phenoxy) is 1. The molecule has 3 nitrogen and oxygen atoms in total. The quantitative estimate of drug-likeness (QED) is 0.805. The number of hydrogen-bond donors (Lipinski definition) is 1.